The molecule has 17 heavy (non-hydrogen) atoms. The molecule has 0 bridgehead atoms. The van der Waals surface area contributed by atoms with Crippen molar-refractivity contribution in [2.24, 2.45) is 0 Å². The second-order valence-corrected chi connectivity index (χ2v) is 5.56. The second-order valence-electron chi connectivity index (χ2n) is 4.70. The highest BCUT2D eigenvalue weighted by Crippen LogP contribution is 2.23. The quantitative estimate of drug-likeness (QED) is 0.872. The van der Waals surface area contributed by atoms with Crippen LogP contribution in [0.3, 0.4) is 0 Å². The van der Waals surface area contributed by atoms with Crippen molar-refractivity contribution in [2.75, 3.05) is 19.4 Å². The molecule has 2 N–H and O–H groups in total. The molecule has 2 unspecified atom stereocenters. The minimum absolute atomic E-state index is 0.327. The second kappa shape index (κ2) is 5.38. The van der Waals surface area contributed by atoms with Gasteiger partial charge < -0.3 is 10.5 Å². The van der Waals surface area contributed by atoms with Gasteiger partial charge in [0.2, 0.25) is 0 Å². The topological polar surface area (TPSA) is 38.5 Å². The molecule has 1 heterocycles. The van der Waals surface area contributed by atoms with Crippen LogP contribution >= 0.6 is 15.9 Å². The van der Waals surface area contributed by atoms with Gasteiger partial charge in [-0.15, -0.1) is 0 Å². The summed E-state index contributed by atoms with van der Waals surface area (Å²) in [6.45, 7) is 3.93. The zero-order valence-electron chi connectivity index (χ0n) is 10.3. The number of nitrogens with zero attached hydrogens (tertiary/aromatic N) is 1. The van der Waals surface area contributed by atoms with E-state index in [1.807, 2.05) is 12.1 Å². The third-order valence-corrected chi connectivity index (χ3v) is 4.12. The summed E-state index contributed by atoms with van der Waals surface area (Å²) < 4.78 is 6.55. The Hall–Kier alpha value is -0.580. The number of rotatable bonds is 3. The number of nitrogen functional groups attached to an aromatic ring is 1. The van der Waals surface area contributed by atoms with Crippen molar-refractivity contribution >= 4 is 21.6 Å². The van der Waals surface area contributed by atoms with E-state index in [0.29, 0.717) is 12.1 Å². The first kappa shape index (κ1) is 12.9. The number of anilines is 1. The number of hydrogen-bond donors (Lipinski definition) is 1. The molecule has 4 heteroatoms. The van der Waals surface area contributed by atoms with Crippen molar-refractivity contribution in [2.45, 2.75) is 32.0 Å². The van der Waals surface area contributed by atoms with Crippen LogP contribution in [0.4, 0.5) is 5.69 Å². The average molecular weight is 299 g/mol. The van der Waals surface area contributed by atoms with Crippen molar-refractivity contribution in [3.8, 4) is 0 Å². The predicted octanol–water partition coefficient (Wildman–Crippen LogP) is 2.64. The van der Waals surface area contributed by atoms with Crippen LogP contribution in [0.15, 0.2) is 22.7 Å². The first-order valence-corrected chi connectivity index (χ1v) is 6.73. The maximum Gasteiger partial charge on any atom is 0.0703 e. The van der Waals surface area contributed by atoms with E-state index in [1.165, 1.54) is 5.56 Å². The Balaban J connectivity index is 2.02. The molecule has 94 valence electrons. The number of ether oxygens (including phenoxy) is 1. The summed E-state index contributed by atoms with van der Waals surface area (Å²) in [5, 5.41) is 0. The van der Waals surface area contributed by atoms with E-state index in [-0.39, 0.29) is 0 Å². The summed E-state index contributed by atoms with van der Waals surface area (Å²) >= 11 is 3.41. The zero-order chi connectivity index (χ0) is 12.4. The fourth-order valence-electron chi connectivity index (χ4n) is 2.40. The fraction of sp³-hybridized carbons (Fsp3) is 0.538. The van der Waals surface area contributed by atoms with Crippen LogP contribution in [0.1, 0.15) is 18.9 Å². The maximum atomic E-state index is 5.89. The lowest BCUT2D eigenvalue weighted by Crippen LogP contribution is -2.36. The molecule has 3 nitrogen and oxygen atoms in total. The molecule has 0 aromatic heterocycles. The average Bonchev–Trinajstić information content (AvgIpc) is 2.70. The molecule has 0 amide bonds. The highest BCUT2D eigenvalue weighted by atomic mass is 79.9. The first-order valence-electron chi connectivity index (χ1n) is 5.93. The van der Waals surface area contributed by atoms with Gasteiger partial charge in [-0.05, 0) is 54.0 Å². The molecule has 0 radical (unpaired) electrons. The summed E-state index contributed by atoms with van der Waals surface area (Å²) in [5.41, 5.74) is 7.93. The van der Waals surface area contributed by atoms with E-state index in [2.05, 4.69) is 40.9 Å². The predicted molar refractivity (Wildman–Crippen MR) is 73.8 cm³/mol. The van der Waals surface area contributed by atoms with E-state index >= 15 is 0 Å². The normalized spacial score (nSPS) is 24.5. The van der Waals surface area contributed by atoms with Gasteiger partial charge in [0, 0.05) is 29.4 Å². The van der Waals surface area contributed by atoms with Crippen LogP contribution in [0.5, 0.6) is 0 Å². The Bertz CT molecular complexity index is 397. The Kier molecular flexibility index (Phi) is 4.07. The van der Waals surface area contributed by atoms with Gasteiger partial charge in [0.25, 0.3) is 0 Å². The van der Waals surface area contributed by atoms with Gasteiger partial charge in [0.05, 0.1) is 6.10 Å². The SMILES string of the molecule is CC1OCCC1N(C)Cc1ccc(Br)c(N)c1. The van der Waals surface area contributed by atoms with E-state index in [9.17, 15) is 0 Å². The molecule has 1 aliphatic heterocycles. The molecule has 1 aromatic carbocycles. The Labute approximate surface area is 111 Å². The van der Waals surface area contributed by atoms with Gasteiger partial charge in [-0.25, -0.2) is 0 Å². The highest BCUT2D eigenvalue weighted by molar-refractivity contribution is 9.10. The van der Waals surface area contributed by atoms with Gasteiger partial charge in [-0.3, -0.25) is 4.90 Å². The van der Waals surface area contributed by atoms with Crippen LogP contribution in [0, 0.1) is 0 Å². The summed E-state index contributed by atoms with van der Waals surface area (Å²) in [6, 6.07) is 6.66. The smallest absolute Gasteiger partial charge is 0.0703 e. The third kappa shape index (κ3) is 3.00. The van der Waals surface area contributed by atoms with Crippen molar-refractivity contribution in [1.29, 1.82) is 0 Å². The minimum atomic E-state index is 0.327. The number of nitrogens with two attached hydrogens (primary N) is 1. The van der Waals surface area contributed by atoms with E-state index < -0.39 is 0 Å². The molecule has 2 atom stereocenters. The minimum Gasteiger partial charge on any atom is -0.398 e. The number of halogens is 1. The Morgan fingerprint density at radius 1 is 1.53 bits per heavy atom. The molecular formula is C13H19BrN2O. The summed E-state index contributed by atoms with van der Waals surface area (Å²) in [4.78, 5) is 2.35. The van der Waals surface area contributed by atoms with Crippen LogP contribution in [0.25, 0.3) is 0 Å². The largest absolute Gasteiger partial charge is 0.398 e. The van der Waals surface area contributed by atoms with Crippen molar-refractivity contribution in [3.05, 3.63) is 28.2 Å². The lowest BCUT2D eigenvalue weighted by molar-refractivity contribution is 0.0814. The third-order valence-electron chi connectivity index (χ3n) is 3.39. The van der Waals surface area contributed by atoms with Crippen molar-refractivity contribution in [1.82, 2.24) is 4.90 Å². The molecule has 2 rings (SSSR count). The van der Waals surface area contributed by atoms with Crippen LogP contribution in [-0.2, 0) is 11.3 Å². The molecule has 1 aromatic rings. The highest BCUT2D eigenvalue weighted by Gasteiger charge is 2.27. The fourth-order valence-corrected chi connectivity index (χ4v) is 2.64. The molecular weight excluding hydrogens is 280 g/mol. The van der Waals surface area contributed by atoms with Crippen LogP contribution in [0.2, 0.25) is 0 Å². The standard InChI is InChI=1S/C13H19BrN2O/c1-9-13(5-6-17-9)16(2)8-10-3-4-11(14)12(15)7-10/h3-4,7,9,13H,5-6,8,15H2,1-2H3. The van der Waals surface area contributed by atoms with E-state index in [4.69, 9.17) is 10.5 Å². The molecule has 1 aliphatic rings. The van der Waals surface area contributed by atoms with E-state index in [1.54, 1.807) is 0 Å². The lowest BCUT2D eigenvalue weighted by Gasteiger charge is -2.26. The number of hydrogen-bond acceptors (Lipinski definition) is 3. The van der Waals surface area contributed by atoms with Crippen LogP contribution < -0.4 is 5.73 Å². The van der Waals surface area contributed by atoms with Gasteiger partial charge >= 0.3 is 0 Å². The molecule has 0 saturated carbocycles. The maximum absolute atomic E-state index is 5.89. The number of benzene rings is 1. The Morgan fingerprint density at radius 3 is 2.88 bits per heavy atom. The molecule has 0 spiro atoms. The lowest BCUT2D eigenvalue weighted by atomic mass is 10.1. The summed E-state index contributed by atoms with van der Waals surface area (Å²) in [7, 11) is 2.15. The summed E-state index contributed by atoms with van der Waals surface area (Å²) in [5.74, 6) is 0. The van der Waals surface area contributed by atoms with Gasteiger partial charge in [0.15, 0.2) is 0 Å². The number of likely N-dealkylation sites (N-methyl/N-ethyl adjacent to an activating group) is 1. The first-order chi connectivity index (χ1) is 8.08. The van der Waals surface area contributed by atoms with Crippen molar-refractivity contribution in [3.63, 3.8) is 0 Å². The monoisotopic (exact) mass is 298 g/mol. The van der Waals surface area contributed by atoms with Crippen LogP contribution in [-0.4, -0.2) is 30.7 Å². The molecule has 1 saturated heterocycles. The molecule has 1 fully saturated rings. The van der Waals surface area contributed by atoms with E-state index in [0.717, 1.165) is 29.7 Å². The van der Waals surface area contributed by atoms with Crippen molar-refractivity contribution < 1.29 is 4.74 Å². The van der Waals surface area contributed by atoms with Gasteiger partial charge in [-0.1, -0.05) is 6.07 Å². The van der Waals surface area contributed by atoms with Gasteiger partial charge in [-0.2, -0.15) is 0 Å². The Morgan fingerprint density at radius 2 is 2.29 bits per heavy atom. The summed E-state index contributed by atoms with van der Waals surface area (Å²) in [6.07, 6.45) is 1.44. The van der Waals surface area contributed by atoms with Gasteiger partial charge in [0.1, 0.15) is 0 Å². The molecule has 0 aliphatic carbocycles. The zero-order valence-corrected chi connectivity index (χ0v) is 11.9.